The van der Waals surface area contributed by atoms with E-state index in [-0.39, 0.29) is 0 Å². The lowest BCUT2D eigenvalue weighted by Crippen LogP contribution is -2.03. The maximum absolute atomic E-state index is 10.7. The predicted octanol–water partition coefficient (Wildman–Crippen LogP) is 1.07. The van der Waals surface area contributed by atoms with Gasteiger partial charge in [-0.15, -0.1) is 0 Å². The number of hydrogen-bond acceptors (Lipinski definition) is 3. The maximum Gasteiger partial charge on any atom is 0.344 e. The lowest BCUT2D eigenvalue weighted by molar-refractivity contribution is -0.137. The number of esters is 1. The summed E-state index contributed by atoms with van der Waals surface area (Å²) in [6, 6.07) is 0. The van der Waals surface area contributed by atoms with E-state index in [9.17, 15) is 9.59 Å². The molecule has 0 aromatic heterocycles. The molecule has 0 amide bonds. The van der Waals surface area contributed by atoms with Crippen LogP contribution in [0.1, 0.15) is 6.92 Å². The summed E-state index contributed by atoms with van der Waals surface area (Å²) in [6.45, 7) is 2.04. The Bertz CT molecular complexity index is 162. The second-order valence-electron chi connectivity index (χ2n) is 1.37. The van der Waals surface area contributed by atoms with Gasteiger partial charge in [0.15, 0.2) is 0 Å². The molecule has 0 heterocycles. The number of carbonyl (C=O) groups is 2. The lowest BCUT2D eigenvalue weighted by atomic mass is 10.5. The first-order valence-corrected chi connectivity index (χ1v) is 3.78. The molecule has 0 spiro atoms. The topological polar surface area (TPSA) is 43.4 Å². The average Bonchev–Trinajstić information content (AvgIpc) is 1.89. The van der Waals surface area contributed by atoms with E-state index in [1.165, 1.54) is 6.08 Å². The Hall–Kier alpha value is -0.390. The number of carbonyl (C=O) groups excluding carboxylic acids is 2. The highest BCUT2D eigenvalue weighted by molar-refractivity contribution is 14.1. The zero-order valence-electron chi connectivity index (χ0n) is 5.46. The second-order valence-corrected chi connectivity index (χ2v) is 2.53. The van der Waals surface area contributed by atoms with Gasteiger partial charge in [-0.3, -0.25) is 4.79 Å². The summed E-state index contributed by atoms with van der Waals surface area (Å²) >= 11 is 1.75. The molecule has 4 heteroatoms. The Labute approximate surface area is 72.6 Å². The van der Waals surface area contributed by atoms with Crippen LogP contribution in [0.15, 0.2) is 9.66 Å². The molecule has 0 aliphatic carbocycles. The fraction of sp³-hybridized carbons (Fsp3) is 0.333. The molecule has 0 atom stereocenters. The number of halogens is 1. The molecule has 0 radical (unpaired) electrons. The Morgan fingerprint density at radius 2 is 2.30 bits per heavy atom. The zero-order chi connectivity index (χ0) is 7.98. The van der Waals surface area contributed by atoms with Gasteiger partial charge in [-0.05, 0) is 35.6 Å². The highest BCUT2D eigenvalue weighted by Gasteiger charge is 2.03. The fourth-order valence-corrected chi connectivity index (χ4v) is 0.630. The van der Waals surface area contributed by atoms with Gasteiger partial charge < -0.3 is 4.74 Å². The largest absolute Gasteiger partial charge is 0.462 e. The standard InChI is InChI=1S/C6H7IO3/c1-2-10-6(9)5(7)3-4-8/h3-4H,2H2,1H3. The van der Waals surface area contributed by atoms with Crippen molar-refractivity contribution < 1.29 is 14.3 Å². The molecule has 3 nitrogen and oxygen atoms in total. The first kappa shape index (κ1) is 9.61. The van der Waals surface area contributed by atoms with Crippen LogP contribution in [0.2, 0.25) is 0 Å². The van der Waals surface area contributed by atoms with Gasteiger partial charge in [0.1, 0.15) is 9.87 Å². The molecular formula is C6H7IO3. The van der Waals surface area contributed by atoms with Gasteiger partial charge in [-0.2, -0.15) is 0 Å². The molecule has 0 aliphatic rings. The summed E-state index contributed by atoms with van der Waals surface area (Å²) in [4.78, 5) is 20.5. The van der Waals surface area contributed by atoms with E-state index in [4.69, 9.17) is 0 Å². The van der Waals surface area contributed by atoms with E-state index >= 15 is 0 Å². The van der Waals surface area contributed by atoms with Crippen LogP contribution < -0.4 is 0 Å². The van der Waals surface area contributed by atoms with E-state index in [1.807, 2.05) is 0 Å². The van der Waals surface area contributed by atoms with Gasteiger partial charge in [0.25, 0.3) is 0 Å². The third-order valence-electron chi connectivity index (χ3n) is 0.685. The lowest BCUT2D eigenvalue weighted by Gasteiger charge is -1.96. The van der Waals surface area contributed by atoms with Gasteiger partial charge in [0.2, 0.25) is 0 Å². The first-order valence-electron chi connectivity index (χ1n) is 2.70. The van der Waals surface area contributed by atoms with Crippen LogP contribution in [0.5, 0.6) is 0 Å². The Morgan fingerprint density at radius 3 is 2.70 bits per heavy atom. The molecule has 56 valence electrons. The van der Waals surface area contributed by atoms with Gasteiger partial charge >= 0.3 is 5.97 Å². The second kappa shape index (κ2) is 5.40. The van der Waals surface area contributed by atoms with E-state index in [0.717, 1.165) is 0 Å². The molecule has 0 unspecified atom stereocenters. The third-order valence-corrected chi connectivity index (χ3v) is 1.48. The van der Waals surface area contributed by atoms with Crippen LogP contribution in [0.3, 0.4) is 0 Å². The number of rotatable bonds is 3. The SMILES string of the molecule is CCOC(=O)C(I)=CC=O. The highest BCUT2D eigenvalue weighted by atomic mass is 127. The zero-order valence-corrected chi connectivity index (χ0v) is 7.62. The highest BCUT2D eigenvalue weighted by Crippen LogP contribution is 2.06. The molecule has 0 rings (SSSR count). The van der Waals surface area contributed by atoms with Crippen molar-refractivity contribution in [1.29, 1.82) is 0 Å². The van der Waals surface area contributed by atoms with E-state index < -0.39 is 5.97 Å². The first-order chi connectivity index (χ1) is 4.72. The minimum Gasteiger partial charge on any atom is -0.462 e. The van der Waals surface area contributed by atoms with Crippen molar-refractivity contribution in [1.82, 2.24) is 0 Å². The molecule has 0 N–H and O–H groups in total. The van der Waals surface area contributed by atoms with Crippen LogP contribution in [-0.2, 0) is 14.3 Å². The van der Waals surface area contributed by atoms with E-state index in [2.05, 4.69) is 4.74 Å². The van der Waals surface area contributed by atoms with Gasteiger partial charge in [-0.1, -0.05) is 0 Å². The van der Waals surface area contributed by atoms with Crippen LogP contribution >= 0.6 is 22.6 Å². The van der Waals surface area contributed by atoms with Crippen molar-refractivity contribution >= 4 is 34.8 Å². The average molecular weight is 254 g/mol. The molecule has 10 heavy (non-hydrogen) atoms. The maximum atomic E-state index is 10.7. The summed E-state index contributed by atoms with van der Waals surface area (Å²) in [5.74, 6) is -0.449. The quantitative estimate of drug-likeness (QED) is 0.327. The van der Waals surface area contributed by atoms with Crippen molar-refractivity contribution in [2.24, 2.45) is 0 Å². The Morgan fingerprint density at radius 1 is 1.70 bits per heavy atom. The molecule has 0 aromatic carbocycles. The Kier molecular flexibility index (Phi) is 5.19. The van der Waals surface area contributed by atoms with Gasteiger partial charge in [0.05, 0.1) is 6.61 Å². The van der Waals surface area contributed by atoms with E-state index in [1.54, 1.807) is 29.5 Å². The number of allylic oxidation sites excluding steroid dienone is 1. The molecular weight excluding hydrogens is 247 g/mol. The minimum atomic E-state index is -0.449. The summed E-state index contributed by atoms with van der Waals surface area (Å²) in [6.07, 6.45) is 1.72. The molecule has 0 fully saturated rings. The van der Waals surface area contributed by atoms with Crippen molar-refractivity contribution in [2.45, 2.75) is 6.92 Å². The van der Waals surface area contributed by atoms with Gasteiger partial charge in [-0.25, -0.2) is 4.79 Å². The number of ether oxygens (including phenoxy) is 1. The van der Waals surface area contributed by atoms with Crippen LogP contribution in [0, 0.1) is 0 Å². The van der Waals surface area contributed by atoms with Crippen molar-refractivity contribution in [3.8, 4) is 0 Å². The number of hydrogen-bond donors (Lipinski definition) is 0. The van der Waals surface area contributed by atoms with E-state index in [0.29, 0.717) is 16.5 Å². The van der Waals surface area contributed by atoms with Crippen molar-refractivity contribution in [3.05, 3.63) is 9.66 Å². The fourth-order valence-electron chi connectivity index (χ4n) is 0.328. The molecule has 0 bridgehead atoms. The normalized spacial score (nSPS) is 10.8. The predicted molar refractivity (Wildman–Crippen MR) is 44.8 cm³/mol. The summed E-state index contributed by atoms with van der Waals surface area (Å²) in [7, 11) is 0. The van der Waals surface area contributed by atoms with Crippen molar-refractivity contribution in [3.63, 3.8) is 0 Å². The summed E-state index contributed by atoms with van der Waals surface area (Å²) in [5, 5.41) is 0. The molecule has 0 saturated carbocycles. The number of aldehydes is 1. The molecule has 0 aromatic rings. The molecule has 0 saturated heterocycles. The van der Waals surface area contributed by atoms with Gasteiger partial charge in [0, 0.05) is 0 Å². The Balaban J connectivity index is 3.93. The summed E-state index contributed by atoms with van der Waals surface area (Å²) < 4.78 is 4.88. The smallest absolute Gasteiger partial charge is 0.344 e. The van der Waals surface area contributed by atoms with Crippen LogP contribution in [-0.4, -0.2) is 18.9 Å². The van der Waals surface area contributed by atoms with Crippen molar-refractivity contribution in [2.75, 3.05) is 6.61 Å². The molecule has 0 aliphatic heterocycles. The monoisotopic (exact) mass is 254 g/mol. The third kappa shape index (κ3) is 3.60. The minimum absolute atomic E-state index is 0.300. The van der Waals surface area contributed by atoms with Crippen LogP contribution in [0.4, 0.5) is 0 Å². The summed E-state index contributed by atoms with van der Waals surface area (Å²) in [5.41, 5.74) is 0. The van der Waals surface area contributed by atoms with Crippen LogP contribution in [0.25, 0.3) is 0 Å².